The van der Waals surface area contributed by atoms with Crippen molar-refractivity contribution >= 4 is 0 Å². The third kappa shape index (κ3) is 3.48. The van der Waals surface area contributed by atoms with E-state index in [4.69, 9.17) is 5.11 Å². The molecule has 0 unspecified atom stereocenters. The van der Waals surface area contributed by atoms with Gasteiger partial charge in [0, 0.05) is 12.1 Å². The summed E-state index contributed by atoms with van der Waals surface area (Å²) in [6, 6.07) is 6.48. The molecule has 0 bridgehead atoms. The number of rotatable bonds is 5. The molecule has 1 aromatic carbocycles. The van der Waals surface area contributed by atoms with Crippen molar-refractivity contribution in [2.45, 2.75) is 31.9 Å². The highest BCUT2D eigenvalue weighted by atomic mass is 19.3. The minimum absolute atomic E-state index is 0.0726. The molecule has 0 aromatic heterocycles. The summed E-state index contributed by atoms with van der Waals surface area (Å²) >= 11 is 0. The smallest absolute Gasteiger partial charge is 0.263 e. The van der Waals surface area contributed by atoms with Gasteiger partial charge in [-0.15, -0.1) is 0 Å². The van der Waals surface area contributed by atoms with Gasteiger partial charge in [0.15, 0.2) is 0 Å². The quantitative estimate of drug-likeness (QED) is 0.830. The molecule has 17 heavy (non-hydrogen) atoms. The Bertz CT molecular complexity index is 364. The van der Waals surface area contributed by atoms with Gasteiger partial charge >= 0.3 is 0 Å². The molecule has 0 aliphatic heterocycles. The van der Waals surface area contributed by atoms with Crippen LogP contribution in [-0.2, 0) is 6.54 Å². The van der Waals surface area contributed by atoms with Crippen molar-refractivity contribution in [2.24, 2.45) is 5.92 Å². The number of aliphatic hydroxyl groups excluding tert-OH is 1. The minimum Gasteiger partial charge on any atom is -0.393 e. The normalized spacial score (nSPS) is 23.8. The highest BCUT2D eigenvalue weighted by Crippen LogP contribution is 2.26. The fourth-order valence-electron chi connectivity index (χ4n) is 2.13. The summed E-state index contributed by atoms with van der Waals surface area (Å²) in [7, 11) is 0. The number of benzene rings is 1. The van der Waals surface area contributed by atoms with Crippen molar-refractivity contribution in [3.05, 3.63) is 35.4 Å². The summed E-state index contributed by atoms with van der Waals surface area (Å²) in [6.07, 6.45) is -0.838. The van der Waals surface area contributed by atoms with Crippen LogP contribution in [0.15, 0.2) is 24.3 Å². The number of alkyl halides is 2. The summed E-state index contributed by atoms with van der Waals surface area (Å²) in [5, 5.41) is 12.4. The second-order valence-corrected chi connectivity index (χ2v) is 4.67. The molecular formula is C13H17F2NO. The van der Waals surface area contributed by atoms with Crippen molar-refractivity contribution in [2.75, 3.05) is 6.54 Å². The van der Waals surface area contributed by atoms with Gasteiger partial charge < -0.3 is 10.4 Å². The Labute approximate surface area is 99.7 Å². The molecular weight excluding hydrogens is 224 g/mol. The molecule has 0 atom stereocenters. The molecule has 1 aliphatic carbocycles. The first-order valence-electron chi connectivity index (χ1n) is 5.91. The SMILES string of the molecule is OC1CC(CNCc2cccc(C(F)F)c2)C1. The van der Waals surface area contributed by atoms with Crippen LogP contribution in [0.3, 0.4) is 0 Å². The first-order valence-corrected chi connectivity index (χ1v) is 5.91. The highest BCUT2D eigenvalue weighted by Gasteiger charge is 2.26. The van der Waals surface area contributed by atoms with Crippen molar-refractivity contribution in [3.63, 3.8) is 0 Å². The van der Waals surface area contributed by atoms with E-state index in [-0.39, 0.29) is 11.7 Å². The van der Waals surface area contributed by atoms with Gasteiger partial charge in [0.25, 0.3) is 6.43 Å². The molecule has 2 rings (SSSR count). The lowest BCUT2D eigenvalue weighted by Gasteiger charge is -2.31. The maximum atomic E-state index is 12.5. The molecule has 0 saturated heterocycles. The van der Waals surface area contributed by atoms with E-state index in [1.807, 2.05) is 6.07 Å². The summed E-state index contributed by atoms with van der Waals surface area (Å²) in [4.78, 5) is 0. The first kappa shape index (κ1) is 12.5. The topological polar surface area (TPSA) is 32.3 Å². The zero-order valence-corrected chi connectivity index (χ0v) is 9.57. The van der Waals surface area contributed by atoms with Gasteiger partial charge in [-0.25, -0.2) is 8.78 Å². The molecule has 94 valence electrons. The fourth-order valence-corrected chi connectivity index (χ4v) is 2.13. The van der Waals surface area contributed by atoms with Crippen LogP contribution >= 0.6 is 0 Å². The van der Waals surface area contributed by atoms with Gasteiger partial charge in [-0.2, -0.15) is 0 Å². The van der Waals surface area contributed by atoms with Gasteiger partial charge in [-0.3, -0.25) is 0 Å². The Morgan fingerprint density at radius 3 is 2.76 bits per heavy atom. The number of aliphatic hydroxyl groups is 1. The molecule has 2 N–H and O–H groups in total. The van der Waals surface area contributed by atoms with E-state index in [1.54, 1.807) is 6.07 Å². The van der Waals surface area contributed by atoms with Crippen molar-refractivity contribution < 1.29 is 13.9 Å². The van der Waals surface area contributed by atoms with E-state index in [1.165, 1.54) is 12.1 Å². The Hall–Kier alpha value is -1.00. The summed E-state index contributed by atoms with van der Waals surface area (Å²) in [6.45, 7) is 1.45. The van der Waals surface area contributed by atoms with Gasteiger partial charge in [-0.1, -0.05) is 18.2 Å². The molecule has 1 fully saturated rings. The predicted octanol–water partition coefficient (Wildman–Crippen LogP) is 2.48. The lowest BCUT2D eigenvalue weighted by atomic mass is 9.82. The molecule has 0 radical (unpaired) electrons. The van der Waals surface area contributed by atoms with E-state index < -0.39 is 6.43 Å². The van der Waals surface area contributed by atoms with Crippen LogP contribution < -0.4 is 5.32 Å². The third-order valence-corrected chi connectivity index (χ3v) is 3.18. The standard InChI is InChI=1S/C13H17F2NO/c14-13(15)11-3-1-2-9(4-11)7-16-8-10-5-12(17)6-10/h1-4,10,12-13,16-17H,5-8H2. The van der Waals surface area contributed by atoms with Gasteiger partial charge in [0.05, 0.1) is 6.10 Å². The number of halogens is 2. The van der Waals surface area contributed by atoms with Crippen LogP contribution in [0.4, 0.5) is 8.78 Å². The van der Waals surface area contributed by atoms with Gasteiger partial charge in [-0.05, 0) is 36.9 Å². The molecule has 1 saturated carbocycles. The highest BCUT2D eigenvalue weighted by molar-refractivity contribution is 5.24. The second kappa shape index (κ2) is 5.56. The Kier molecular flexibility index (Phi) is 4.07. The van der Waals surface area contributed by atoms with Crippen LogP contribution in [0.1, 0.15) is 30.4 Å². The van der Waals surface area contributed by atoms with Gasteiger partial charge in [0.1, 0.15) is 0 Å². The van der Waals surface area contributed by atoms with Crippen LogP contribution in [-0.4, -0.2) is 17.8 Å². The average Bonchev–Trinajstić information content (AvgIpc) is 2.27. The maximum Gasteiger partial charge on any atom is 0.263 e. The lowest BCUT2D eigenvalue weighted by Crippen LogP contribution is -2.35. The van der Waals surface area contributed by atoms with Crippen LogP contribution in [0.5, 0.6) is 0 Å². The van der Waals surface area contributed by atoms with Crippen LogP contribution in [0.25, 0.3) is 0 Å². The Balaban J connectivity index is 1.76. The molecule has 0 amide bonds. The first-order chi connectivity index (χ1) is 8.15. The number of hydrogen-bond donors (Lipinski definition) is 2. The lowest BCUT2D eigenvalue weighted by molar-refractivity contribution is 0.0429. The molecule has 1 aromatic rings. The fraction of sp³-hybridized carbons (Fsp3) is 0.538. The Morgan fingerprint density at radius 1 is 1.35 bits per heavy atom. The molecule has 4 heteroatoms. The van der Waals surface area contributed by atoms with Crippen molar-refractivity contribution in [1.29, 1.82) is 0 Å². The second-order valence-electron chi connectivity index (χ2n) is 4.67. The van der Waals surface area contributed by atoms with E-state index in [0.717, 1.165) is 24.9 Å². The summed E-state index contributed by atoms with van der Waals surface area (Å²) < 4.78 is 24.9. The van der Waals surface area contributed by atoms with E-state index in [9.17, 15) is 8.78 Å². The number of hydrogen-bond acceptors (Lipinski definition) is 2. The largest absolute Gasteiger partial charge is 0.393 e. The Morgan fingerprint density at radius 2 is 2.12 bits per heavy atom. The summed E-state index contributed by atoms with van der Waals surface area (Å²) in [5.41, 5.74) is 0.950. The molecule has 1 aliphatic rings. The van der Waals surface area contributed by atoms with Crippen molar-refractivity contribution in [3.8, 4) is 0 Å². The van der Waals surface area contributed by atoms with Gasteiger partial charge in [0.2, 0.25) is 0 Å². The molecule has 2 nitrogen and oxygen atoms in total. The third-order valence-electron chi connectivity index (χ3n) is 3.18. The van der Waals surface area contributed by atoms with Crippen molar-refractivity contribution in [1.82, 2.24) is 5.32 Å². The summed E-state index contributed by atoms with van der Waals surface area (Å²) in [5.74, 6) is 0.531. The van der Waals surface area contributed by atoms with E-state index in [2.05, 4.69) is 5.32 Å². The van der Waals surface area contributed by atoms with E-state index >= 15 is 0 Å². The van der Waals surface area contributed by atoms with E-state index in [0.29, 0.717) is 12.5 Å². The minimum atomic E-state index is -2.41. The molecule has 0 spiro atoms. The van der Waals surface area contributed by atoms with Crippen LogP contribution in [0.2, 0.25) is 0 Å². The monoisotopic (exact) mass is 241 g/mol. The maximum absolute atomic E-state index is 12.5. The molecule has 0 heterocycles. The average molecular weight is 241 g/mol. The zero-order chi connectivity index (χ0) is 12.3. The predicted molar refractivity (Wildman–Crippen MR) is 61.8 cm³/mol. The zero-order valence-electron chi connectivity index (χ0n) is 9.57. The number of nitrogens with one attached hydrogen (secondary N) is 1. The van der Waals surface area contributed by atoms with Crippen LogP contribution in [0, 0.1) is 5.92 Å².